The van der Waals surface area contributed by atoms with Gasteiger partial charge in [0.1, 0.15) is 0 Å². The van der Waals surface area contributed by atoms with E-state index in [1.165, 1.54) is 29.6 Å². The van der Waals surface area contributed by atoms with Gasteiger partial charge >= 0.3 is 5.97 Å². The number of methoxy groups -OCH3 is 1. The summed E-state index contributed by atoms with van der Waals surface area (Å²) < 4.78 is 38.6. The Morgan fingerprint density at radius 1 is 0.879 bits per heavy atom. The Morgan fingerprint density at radius 3 is 2.18 bits per heavy atom. The van der Waals surface area contributed by atoms with Gasteiger partial charge in [0, 0.05) is 31.9 Å². The van der Waals surface area contributed by atoms with Crippen LogP contribution in [0.5, 0.6) is 11.5 Å². The number of benzene rings is 3. The number of halogens is 1. The van der Waals surface area contributed by atoms with Gasteiger partial charge in [-0.2, -0.15) is 4.31 Å². The third kappa shape index (κ3) is 4.98. The zero-order chi connectivity index (χ0) is 23.4. The van der Waals surface area contributed by atoms with Gasteiger partial charge in [-0.1, -0.05) is 41.9 Å². The lowest BCUT2D eigenvalue weighted by atomic mass is 10.2. The van der Waals surface area contributed by atoms with Gasteiger partial charge in [-0.3, -0.25) is 0 Å². The number of hydrogen-bond donors (Lipinski definition) is 0. The molecule has 0 bridgehead atoms. The summed E-state index contributed by atoms with van der Waals surface area (Å²) >= 11 is 6.21. The van der Waals surface area contributed by atoms with Crippen molar-refractivity contribution in [2.45, 2.75) is 4.90 Å². The Labute approximate surface area is 198 Å². The highest BCUT2D eigenvalue weighted by molar-refractivity contribution is 7.89. The molecule has 3 aromatic rings. The second-order valence-electron chi connectivity index (χ2n) is 7.41. The van der Waals surface area contributed by atoms with Crippen molar-refractivity contribution >= 4 is 33.3 Å². The number of ether oxygens (including phenoxy) is 2. The number of anilines is 1. The minimum atomic E-state index is -3.81. The fraction of sp³-hybridized carbons (Fsp3) is 0.208. The van der Waals surface area contributed by atoms with E-state index in [9.17, 15) is 13.2 Å². The number of sulfonamides is 1. The molecule has 0 aromatic heterocycles. The predicted molar refractivity (Wildman–Crippen MR) is 127 cm³/mol. The number of carbonyl (C=O) groups excluding carboxylic acids is 1. The van der Waals surface area contributed by atoms with Crippen LogP contribution in [0.25, 0.3) is 0 Å². The van der Waals surface area contributed by atoms with Crippen molar-refractivity contribution in [3.05, 3.63) is 83.4 Å². The van der Waals surface area contributed by atoms with E-state index in [1.807, 2.05) is 30.3 Å². The minimum absolute atomic E-state index is 0.00737. The first-order valence-electron chi connectivity index (χ1n) is 10.3. The molecule has 1 fully saturated rings. The third-order valence-electron chi connectivity index (χ3n) is 5.43. The first-order chi connectivity index (χ1) is 15.9. The molecule has 172 valence electrons. The maximum absolute atomic E-state index is 13.3. The van der Waals surface area contributed by atoms with Gasteiger partial charge in [-0.05, 0) is 42.5 Å². The molecule has 0 spiro atoms. The molecule has 7 nitrogen and oxygen atoms in total. The van der Waals surface area contributed by atoms with Gasteiger partial charge in [0.25, 0.3) is 0 Å². The van der Waals surface area contributed by atoms with Gasteiger partial charge < -0.3 is 14.4 Å². The van der Waals surface area contributed by atoms with Crippen molar-refractivity contribution in [2.24, 2.45) is 0 Å². The largest absolute Gasteiger partial charge is 0.493 e. The van der Waals surface area contributed by atoms with Crippen molar-refractivity contribution in [1.29, 1.82) is 0 Å². The Kier molecular flexibility index (Phi) is 6.88. The molecule has 0 unspecified atom stereocenters. The van der Waals surface area contributed by atoms with Gasteiger partial charge in [-0.15, -0.1) is 0 Å². The molecule has 4 rings (SSSR count). The second kappa shape index (κ2) is 9.82. The molecule has 1 aliphatic heterocycles. The second-order valence-corrected chi connectivity index (χ2v) is 9.75. The van der Waals surface area contributed by atoms with Crippen LogP contribution in [0.4, 0.5) is 5.69 Å². The molecule has 33 heavy (non-hydrogen) atoms. The lowest BCUT2D eigenvalue weighted by molar-refractivity contribution is 0.0729. The van der Waals surface area contributed by atoms with Crippen LogP contribution in [-0.2, 0) is 10.0 Å². The third-order valence-corrected chi connectivity index (χ3v) is 7.65. The van der Waals surface area contributed by atoms with Crippen LogP contribution in [0, 0.1) is 0 Å². The van der Waals surface area contributed by atoms with E-state index in [1.54, 1.807) is 24.3 Å². The zero-order valence-electron chi connectivity index (χ0n) is 18.0. The van der Waals surface area contributed by atoms with Crippen molar-refractivity contribution in [3.63, 3.8) is 0 Å². The van der Waals surface area contributed by atoms with Crippen LogP contribution in [0.15, 0.2) is 77.7 Å². The van der Waals surface area contributed by atoms with Gasteiger partial charge in [-0.25, -0.2) is 13.2 Å². The smallest absolute Gasteiger partial charge is 0.345 e. The lowest BCUT2D eigenvalue weighted by Crippen LogP contribution is -2.48. The first kappa shape index (κ1) is 23.1. The summed E-state index contributed by atoms with van der Waals surface area (Å²) in [5, 5.41) is 0.0998. The van der Waals surface area contributed by atoms with E-state index >= 15 is 0 Å². The van der Waals surface area contributed by atoms with Crippen LogP contribution in [-0.4, -0.2) is 52.0 Å². The van der Waals surface area contributed by atoms with E-state index in [0.717, 1.165) is 5.69 Å². The molecule has 0 N–H and O–H groups in total. The van der Waals surface area contributed by atoms with Crippen LogP contribution >= 0.6 is 11.6 Å². The SMILES string of the molecule is COc1ccccc1OC(=O)c1cc(S(=O)(=O)N2CCN(c3ccccc3)CC2)ccc1Cl. The molecule has 0 atom stereocenters. The van der Waals surface area contributed by atoms with Gasteiger partial charge in [0.05, 0.1) is 22.6 Å². The fourth-order valence-corrected chi connectivity index (χ4v) is 5.30. The summed E-state index contributed by atoms with van der Waals surface area (Å²) in [7, 11) is -2.35. The van der Waals surface area contributed by atoms with Gasteiger partial charge in [0.2, 0.25) is 10.0 Å². The number of para-hydroxylation sites is 3. The molecule has 0 radical (unpaired) electrons. The molecule has 1 heterocycles. The summed E-state index contributed by atoms with van der Waals surface area (Å²) in [5.74, 6) is -0.177. The van der Waals surface area contributed by atoms with Crippen LogP contribution in [0.3, 0.4) is 0 Å². The van der Waals surface area contributed by atoms with Crippen molar-refractivity contribution in [3.8, 4) is 11.5 Å². The number of piperazine rings is 1. The maximum Gasteiger partial charge on any atom is 0.345 e. The van der Waals surface area contributed by atoms with Crippen LogP contribution in [0.2, 0.25) is 5.02 Å². The van der Waals surface area contributed by atoms with Crippen molar-refractivity contribution < 1.29 is 22.7 Å². The normalized spacial score (nSPS) is 14.7. The predicted octanol–water partition coefficient (Wildman–Crippen LogP) is 4.08. The summed E-state index contributed by atoms with van der Waals surface area (Å²) in [5.41, 5.74) is 1.02. The van der Waals surface area contributed by atoms with Crippen LogP contribution in [0.1, 0.15) is 10.4 Å². The number of carbonyl (C=O) groups is 1. The summed E-state index contributed by atoms with van der Waals surface area (Å²) in [4.78, 5) is 14.9. The molecule has 1 aliphatic rings. The molecule has 0 saturated carbocycles. The Hall–Kier alpha value is -3.07. The first-order valence-corrected chi connectivity index (χ1v) is 12.2. The summed E-state index contributed by atoms with van der Waals surface area (Å²) in [6, 6.07) is 20.6. The van der Waals surface area contributed by atoms with Crippen molar-refractivity contribution in [2.75, 3.05) is 38.2 Å². The Morgan fingerprint density at radius 2 is 1.52 bits per heavy atom. The van der Waals surface area contributed by atoms with E-state index in [2.05, 4.69) is 4.90 Å². The zero-order valence-corrected chi connectivity index (χ0v) is 19.6. The molecule has 0 amide bonds. The van der Waals surface area contributed by atoms with E-state index in [-0.39, 0.29) is 21.2 Å². The minimum Gasteiger partial charge on any atom is -0.493 e. The molecular weight excluding hydrogens is 464 g/mol. The van der Waals surface area contributed by atoms with E-state index < -0.39 is 16.0 Å². The van der Waals surface area contributed by atoms with E-state index in [0.29, 0.717) is 31.9 Å². The highest BCUT2D eigenvalue weighted by atomic mass is 35.5. The monoisotopic (exact) mass is 486 g/mol. The average Bonchev–Trinajstić information content (AvgIpc) is 2.85. The lowest BCUT2D eigenvalue weighted by Gasteiger charge is -2.35. The highest BCUT2D eigenvalue weighted by Crippen LogP contribution is 2.29. The number of rotatable bonds is 6. The summed E-state index contributed by atoms with van der Waals surface area (Å²) in [6.45, 7) is 1.81. The topological polar surface area (TPSA) is 76.1 Å². The molecule has 9 heteroatoms. The van der Waals surface area contributed by atoms with Crippen molar-refractivity contribution in [1.82, 2.24) is 4.31 Å². The molecule has 1 saturated heterocycles. The molecule has 0 aliphatic carbocycles. The van der Waals surface area contributed by atoms with E-state index in [4.69, 9.17) is 21.1 Å². The number of nitrogens with zero attached hydrogens (tertiary/aromatic N) is 2. The summed E-state index contributed by atoms with van der Waals surface area (Å²) in [6.07, 6.45) is 0. The molecule has 3 aromatic carbocycles. The fourth-order valence-electron chi connectivity index (χ4n) is 3.65. The molecular formula is C24H23ClN2O5S. The maximum atomic E-state index is 13.3. The Balaban J connectivity index is 1.52. The standard InChI is InChI=1S/C24H23ClN2O5S/c1-31-22-9-5-6-10-23(22)32-24(28)20-17-19(11-12-21(20)25)33(29,30)27-15-13-26(14-16-27)18-7-3-2-4-8-18/h2-12,17H,13-16H2,1H3. The average molecular weight is 487 g/mol. The quantitative estimate of drug-likeness (QED) is 0.386. The number of hydrogen-bond acceptors (Lipinski definition) is 6. The number of esters is 1. The van der Waals surface area contributed by atoms with Gasteiger partial charge in [0.15, 0.2) is 11.5 Å². The Bertz CT molecular complexity index is 1240. The highest BCUT2D eigenvalue weighted by Gasteiger charge is 2.30. The van der Waals surface area contributed by atoms with Crippen LogP contribution < -0.4 is 14.4 Å².